The van der Waals surface area contributed by atoms with Gasteiger partial charge in [-0.1, -0.05) is 17.3 Å². The highest BCUT2D eigenvalue weighted by atomic mass is 35.5. The second kappa shape index (κ2) is 5.75. The Kier molecular flexibility index (Phi) is 4.60. The minimum absolute atomic E-state index is 0. The Morgan fingerprint density at radius 2 is 2.12 bits per heavy atom. The van der Waals surface area contributed by atoms with Crippen molar-refractivity contribution in [3.8, 4) is 11.4 Å². The number of nitrogens with zero attached hydrogens (tertiary/aromatic N) is 2. The third kappa shape index (κ3) is 3.25. The molecule has 0 aliphatic rings. The summed E-state index contributed by atoms with van der Waals surface area (Å²) >= 11 is 0. The smallest absolute Gasteiger partial charge is 0.228 e. The van der Waals surface area contributed by atoms with Gasteiger partial charge in [-0.3, -0.25) is 0 Å². The van der Waals surface area contributed by atoms with Gasteiger partial charge in [-0.15, -0.1) is 12.4 Å². The molecule has 4 nitrogen and oxygen atoms in total. The van der Waals surface area contributed by atoms with Crippen LogP contribution in [0.5, 0.6) is 0 Å². The summed E-state index contributed by atoms with van der Waals surface area (Å²) in [6.45, 7) is 1.84. The summed E-state index contributed by atoms with van der Waals surface area (Å²) in [5.74, 6) is 0.317. The van der Waals surface area contributed by atoms with E-state index in [-0.39, 0.29) is 30.1 Å². The zero-order chi connectivity index (χ0) is 11.5. The van der Waals surface area contributed by atoms with E-state index in [9.17, 15) is 4.39 Å². The third-order valence-corrected chi connectivity index (χ3v) is 2.08. The quantitative estimate of drug-likeness (QED) is 0.915. The van der Waals surface area contributed by atoms with E-state index in [1.165, 1.54) is 6.07 Å². The van der Waals surface area contributed by atoms with E-state index in [4.69, 9.17) is 10.3 Å². The molecule has 0 fully saturated rings. The van der Waals surface area contributed by atoms with Gasteiger partial charge in [0, 0.05) is 12.5 Å². The van der Waals surface area contributed by atoms with Crippen LogP contribution in [0.15, 0.2) is 28.8 Å². The standard InChI is InChI=1S/C11H12FN3O.ClH/c1-7(13)6-10-14-11(15-16-10)8-4-2-3-5-9(8)12;/h2-5,7H,6,13H2,1H3;1H. The first-order valence-electron chi connectivity index (χ1n) is 5.00. The highest BCUT2D eigenvalue weighted by molar-refractivity contribution is 5.85. The number of hydrogen-bond acceptors (Lipinski definition) is 4. The predicted octanol–water partition coefficient (Wildman–Crippen LogP) is 2.19. The van der Waals surface area contributed by atoms with Gasteiger partial charge in [0.15, 0.2) is 0 Å². The molecular weight excluding hydrogens is 245 g/mol. The van der Waals surface area contributed by atoms with Crippen LogP contribution in [0.2, 0.25) is 0 Å². The van der Waals surface area contributed by atoms with Crippen molar-refractivity contribution in [2.75, 3.05) is 0 Å². The Bertz CT molecular complexity index is 487. The van der Waals surface area contributed by atoms with Crippen molar-refractivity contribution in [2.45, 2.75) is 19.4 Å². The fourth-order valence-corrected chi connectivity index (χ4v) is 1.37. The van der Waals surface area contributed by atoms with Crippen molar-refractivity contribution in [2.24, 2.45) is 5.73 Å². The molecular formula is C11H13ClFN3O. The van der Waals surface area contributed by atoms with E-state index in [1.54, 1.807) is 18.2 Å². The molecule has 2 rings (SSSR count). The largest absolute Gasteiger partial charge is 0.339 e. The van der Waals surface area contributed by atoms with Crippen molar-refractivity contribution in [3.05, 3.63) is 36.0 Å². The van der Waals surface area contributed by atoms with Crippen molar-refractivity contribution in [1.82, 2.24) is 10.1 Å². The highest BCUT2D eigenvalue weighted by Crippen LogP contribution is 2.19. The summed E-state index contributed by atoms with van der Waals surface area (Å²) in [6.07, 6.45) is 0.488. The first-order chi connectivity index (χ1) is 7.66. The van der Waals surface area contributed by atoms with Gasteiger partial charge in [-0.2, -0.15) is 4.98 Å². The monoisotopic (exact) mass is 257 g/mol. The van der Waals surface area contributed by atoms with Gasteiger partial charge in [0.1, 0.15) is 5.82 Å². The normalized spacial score (nSPS) is 11.9. The van der Waals surface area contributed by atoms with Gasteiger partial charge in [-0.25, -0.2) is 4.39 Å². The van der Waals surface area contributed by atoms with Crippen molar-refractivity contribution in [3.63, 3.8) is 0 Å². The molecule has 1 unspecified atom stereocenters. The lowest BCUT2D eigenvalue weighted by Gasteiger charge is -1.97. The Morgan fingerprint density at radius 1 is 1.41 bits per heavy atom. The summed E-state index contributed by atoms with van der Waals surface area (Å²) in [7, 11) is 0. The van der Waals surface area contributed by atoms with E-state index in [0.29, 0.717) is 17.9 Å². The lowest BCUT2D eigenvalue weighted by molar-refractivity contribution is 0.371. The lowest BCUT2D eigenvalue weighted by atomic mass is 10.2. The minimum Gasteiger partial charge on any atom is -0.339 e. The molecule has 2 N–H and O–H groups in total. The van der Waals surface area contributed by atoms with Gasteiger partial charge < -0.3 is 10.3 Å². The second-order valence-electron chi connectivity index (χ2n) is 3.67. The average Bonchev–Trinajstić information content (AvgIpc) is 2.66. The Labute approximate surface area is 104 Å². The van der Waals surface area contributed by atoms with Gasteiger partial charge in [0.25, 0.3) is 0 Å². The highest BCUT2D eigenvalue weighted by Gasteiger charge is 2.12. The van der Waals surface area contributed by atoms with Crippen molar-refractivity contribution in [1.29, 1.82) is 0 Å². The molecule has 1 heterocycles. The van der Waals surface area contributed by atoms with Gasteiger partial charge in [0.2, 0.25) is 11.7 Å². The van der Waals surface area contributed by atoms with Crippen LogP contribution in [0.1, 0.15) is 12.8 Å². The van der Waals surface area contributed by atoms with E-state index < -0.39 is 0 Å². The molecule has 0 aliphatic carbocycles. The number of aromatic nitrogens is 2. The minimum atomic E-state index is -0.365. The summed E-state index contributed by atoms with van der Waals surface area (Å²) in [5, 5.41) is 3.72. The maximum Gasteiger partial charge on any atom is 0.228 e. The van der Waals surface area contributed by atoms with Crippen LogP contribution in [-0.2, 0) is 6.42 Å². The molecule has 0 saturated carbocycles. The average molecular weight is 258 g/mol. The topological polar surface area (TPSA) is 64.9 Å². The van der Waals surface area contributed by atoms with E-state index in [1.807, 2.05) is 6.92 Å². The van der Waals surface area contributed by atoms with Crippen LogP contribution in [-0.4, -0.2) is 16.2 Å². The Morgan fingerprint density at radius 3 is 2.76 bits per heavy atom. The number of rotatable bonds is 3. The Balaban J connectivity index is 0.00000144. The van der Waals surface area contributed by atoms with E-state index in [2.05, 4.69) is 10.1 Å². The molecule has 0 aliphatic heterocycles. The van der Waals surface area contributed by atoms with Crippen molar-refractivity contribution >= 4 is 12.4 Å². The first kappa shape index (κ1) is 13.6. The molecule has 1 aromatic carbocycles. The van der Waals surface area contributed by atoms with Crippen LogP contribution in [0.3, 0.4) is 0 Å². The molecule has 0 radical (unpaired) electrons. The lowest BCUT2D eigenvalue weighted by Crippen LogP contribution is -2.17. The molecule has 1 atom stereocenters. The fraction of sp³-hybridized carbons (Fsp3) is 0.273. The summed E-state index contributed by atoms with van der Waals surface area (Å²) in [5.41, 5.74) is 5.94. The number of hydrogen-bond donors (Lipinski definition) is 1. The van der Waals surface area contributed by atoms with Gasteiger partial charge >= 0.3 is 0 Å². The van der Waals surface area contributed by atoms with Crippen LogP contribution < -0.4 is 5.73 Å². The molecule has 0 amide bonds. The summed E-state index contributed by atoms with van der Waals surface area (Å²) < 4.78 is 18.4. The molecule has 2 aromatic rings. The fourth-order valence-electron chi connectivity index (χ4n) is 1.37. The van der Waals surface area contributed by atoms with Crippen LogP contribution in [0.4, 0.5) is 4.39 Å². The zero-order valence-corrected chi connectivity index (χ0v) is 10.1. The van der Waals surface area contributed by atoms with Crippen LogP contribution in [0.25, 0.3) is 11.4 Å². The van der Waals surface area contributed by atoms with Crippen LogP contribution in [0, 0.1) is 5.82 Å². The van der Waals surface area contributed by atoms with Crippen molar-refractivity contribution < 1.29 is 8.91 Å². The number of benzene rings is 1. The zero-order valence-electron chi connectivity index (χ0n) is 9.26. The maximum atomic E-state index is 13.4. The summed E-state index contributed by atoms with van der Waals surface area (Å²) in [4.78, 5) is 4.08. The maximum absolute atomic E-state index is 13.4. The molecule has 0 saturated heterocycles. The molecule has 17 heavy (non-hydrogen) atoms. The molecule has 6 heteroatoms. The molecule has 0 bridgehead atoms. The molecule has 0 spiro atoms. The predicted molar refractivity (Wildman–Crippen MR) is 64.3 cm³/mol. The van der Waals surface area contributed by atoms with E-state index in [0.717, 1.165) is 0 Å². The first-order valence-corrected chi connectivity index (χ1v) is 5.00. The van der Waals surface area contributed by atoms with Gasteiger partial charge in [-0.05, 0) is 19.1 Å². The molecule has 1 aromatic heterocycles. The third-order valence-electron chi connectivity index (χ3n) is 2.08. The Hall–Kier alpha value is -1.46. The SMILES string of the molecule is CC(N)Cc1nc(-c2ccccc2F)no1.Cl. The van der Waals surface area contributed by atoms with Gasteiger partial charge in [0.05, 0.1) is 5.56 Å². The van der Waals surface area contributed by atoms with E-state index >= 15 is 0 Å². The number of nitrogens with two attached hydrogens (primary N) is 1. The second-order valence-corrected chi connectivity index (χ2v) is 3.67. The summed E-state index contributed by atoms with van der Waals surface area (Å²) in [6, 6.07) is 6.24. The molecule has 92 valence electrons. The number of halogens is 2. The van der Waals surface area contributed by atoms with Crippen LogP contribution >= 0.6 is 12.4 Å².